The Morgan fingerprint density at radius 2 is 1.95 bits per heavy atom. The number of hydrogen-bond acceptors (Lipinski definition) is 3. The van der Waals surface area contributed by atoms with Gasteiger partial charge in [-0.3, -0.25) is 4.79 Å². The van der Waals surface area contributed by atoms with E-state index in [1.54, 1.807) is 0 Å². The standard InChI is InChI=1S/C13H20BrN3O3S/c1-10-5-6-13(12(14)9-10)17(11(2)18)8-7-15-21(19,20)16(3)4/h5-6,9,15H,7-8H2,1-4H3. The quantitative estimate of drug-likeness (QED) is 0.816. The molecule has 1 rings (SSSR count). The van der Waals surface area contributed by atoms with Crippen LogP contribution in [0.3, 0.4) is 0 Å². The van der Waals surface area contributed by atoms with Gasteiger partial charge < -0.3 is 4.90 Å². The second-order valence-electron chi connectivity index (χ2n) is 4.81. The van der Waals surface area contributed by atoms with Gasteiger partial charge in [-0.15, -0.1) is 0 Å². The summed E-state index contributed by atoms with van der Waals surface area (Å²) in [6, 6.07) is 5.65. The van der Waals surface area contributed by atoms with Gasteiger partial charge in [-0.25, -0.2) is 4.72 Å². The zero-order valence-corrected chi connectivity index (χ0v) is 15.0. The maximum Gasteiger partial charge on any atom is 0.278 e. The molecule has 0 saturated heterocycles. The normalized spacial score (nSPS) is 11.7. The number of nitrogens with one attached hydrogen (secondary N) is 1. The highest BCUT2D eigenvalue weighted by Gasteiger charge is 2.17. The molecule has 0 atom stereocenters. The molecule has 0 aliphatic carbocycles. The van der Waals surface area contributed by atoms with E-state index in [4.69, 9.17) is 0 Å². The number of hydrogen-bond donors (Lipinski definition) is 1. The molecule has 6 nitrogen and oxygen atoms in total. The lowest BCUT2D eigenvalue weighted by atomic mass is 10.2. The first-order valence-electron chi connectivity index (χ1n) is 6.36. The van der Waals surface area contributed by atoms with Crippen LogP contribution in [0.5, 0.6) is 0 Å². The molecule has 0 aromatic heterocycles. The van der Waals surface area contributed by atoms with Crippen molar-refractivity contribution in [3.05, 3.63) is 28.2 Å². The molecule has 8 heteroatoms. The Labute approximate surface area is 134 Å². The molecular formula is C13H20BrN3O3S. The second kappa shape index (κ2) is 7.35. The van der Waals surface area contributed by atoms with Crippen molar-refractivity contribution in [3.8, 4) is 0 Å². The molecule has 0 fully saturated rings. The smallest absolute Gasteiger partial charge is 0.278 e. The van der Waals surface area contributed by atoms with Crippen LogP contribution in [0, 0.1) is 6.92 Å². The van der Waals surface area contributed by atoms with Crippen molar-refractivity contribution in [2.45, 2.75) is 13.8 Å². The fraction of sp³-hybridized carbons (Fsp3) is 0.462. The van der Waals surface area contributed by atoms with Crippen molar-refractivity contribution in [1.29, 1.82) is 0 Å². The van der Waals surface area contributed by atoms with Crippen LogP contribution in [0.1, 0.15) is 12.5 Å². The highest BCUT2D eigenvalue weighted by atomic mass is 79.9. The number of amides is 1. The molecule has 1 aromatic carbocycles. The Morgan fingerprint density at radius 1 is 1.33 bits per heavy atom. The first-order valence-corrected chi connectivity index (χ1v) is 8.60. The molecule has 0 saturated carbocycles. The second-order valence-corrected chi connectivity index (χ2v) is 7.63. The summed E-state index contributed by atoms with van der Waals surface area (Å²) >= 11 is 3.43. The van der Waals surface area contributed by atoms with Crippen LogP contribution in [0.25, 0.3) is 0 Å². The number of benzene rings is 1. The third kappa shape index (κ3) is 5.06. The van der Waals surface area contributed by atoms with Crippen molar-refractivity contribution >= 4 is 37.7 Å². The van der Waals surface area contributed by atoms with E-state index in [1.807, 2.05) is 25.1 Å². The van der Waals surface area contributed by atoms with Crippen LogP contribution in [0.15, 0.2) is 22.7 Å². The highest BCUT2D eigenvalue weighted by molar-refractivity contribution is 9.10. The third-order valence-electron chi connectivity index (χ3n) is 2.87. The molecule has 0 bridgehead atoms. The Bertz CT molecular complexity index is 617. The minimum absolute atomic E-state index is 0.139. The van der Waals surface area contributed by atoms with Gasteiger partial charge in [-0.05, 0) is 40.5 Å². The molecule has 0 aliphatic rings. The molecule has 0 heterocycles. The minimum atomic E-state index is -3.48. The van der Waals surface area contributed by atoms with Crippen LogP contribution in [0.4, 0.5) is 5.69 Å². The maximum atomic E-state index is 11.8. The van der Waals surface area contributed by atoms with Crippen LogP contribution < -0.4 is 9.62 Å². The van der Waals surface area contributed by atoms with Crippen LogP contribution >= 0.6 is 15.9 Å². The number of anilines is 1. The molecular weight excluding hydrogens is 358 g/mol. The summed E-state index contributed by atoms with van der Waals surface area (Å²) in [4.78, 5) is 13.3. The van der Waals surface area contributed by atoms with Crippen LogP contribution in [-0.4, -0.2) is 45.8 Å². The molecule has 21 heavy (non-hydrogen) atoms. The molecule has 1 aromatic rings. The van der Waals surface area contributed by atoms with Gasteiger partial charge in [0.1, 0.15) is 0 Å². The van der Waals surface area contributed by atoms with Crippen molar-refractivity contribution in [1.82, 2.24) is 9.03 Å². The van der Waals surface area contributed by atoms with Crippen molar-refractivity contribution < 1.29 is 13.2 Å². The van der Waals surface area contributed by atoms with E-state index in [0.717, 1.165) is 20.0 Å². The lowest BCUT2D eigenvalue weighted by Crippen LogP contribution is -2.41. The summed E-state index contributed by atoms with van der Waals surface area (Å²) < 4.78 is 27.6. The Kier molecular flexibility index (Phi) is 6.33. The fourth-order valence-corrected chi connectivity index (χ4v) is 3.01. The zero-order chi connectivity index (χ0) is 16.2. The van der Waals surface area contributed by atoms with Crippen LogP contribution in [0.2, 0.25) is 0 Å². The van der Waals surface area contributed by atoms with E-state index in [9.17, 15) is 13.2 Å². The van der Waals surface area contributed by atoms with E-state index in [1.165, 1.54) is 25.9 Å². The molecule has 0 aliphatic heterocycles. The van der Waals surface area contributed by atoms with Crippen molar-refractivity contribution in [2.75, 3.05) is 32.1 Å². The molecule has 118 valence electrons. The topological polar surface area (TPSA) is 69.7 Å². The highest BCUT2D eigenvalue weighted by Crippen LogP contribution is 2.27. The zero-order valence-electron chi connectivity index (χ0n) is 12.6. The Morgan fingerprint density at radius 3 is 2.43 bits per heavy atom. The maximum absolute atomic E-state index is 11.8. The van der Waals surface area contributed by atoms with E-state index in [2.05, 4.69) is 20.7 Å². The van der Waals surface area contributed by atoms with Gasteiger partial charge in [0.15, 0.2) is 0 Å². The Hall–Kier alpha value is -0.960. The number of carbonyl (C=O) groups excluding carboxylic acids is 1. The molecule has 1 N–H and O–H groups in total. The minimum Gasteiger partial charge on any atom is -0.310 e. The third-order valence-corrected chi connectivity index (χ3v) is 5.04. The predicted molar refractivity (Wildman–Crippen MR) is 87.5 cm³/mol. The summed E-state index contributed by atoms with van der Waals surface area (Å²) in [7, 11) is -0.593. The average molecular weight is 378 g/mol. The SMILES string of the molecule is CC(=O)N(CCNS(=O)(=O)N(C)C)c1ccc(C)cc1Br. The summed E-state index contributed by atoms with van der Waals surface area (Å²) in [5.41, 5.74) is 1.79. The predicted octanol–water partition coefficient (Wildman–Crippen LogP) is 1.51. The number of halogens is 1. The molecule has 0 spiro atoms. The lowest BCUT2D eigenvalue weighted by molar-refractivity contribution is -0.116. The summed E-state index contributed by atoms with van der Waals surface area (Å²) in [5.74, 6) is -0.149. The van der Waals surface area contributed by atoms with Crippen LogP contribution in [-0.2, 0) is 15.0 Å². The molecule has 0 unspecified atom stereocenters. The van der Waals surface area contributed by atoms with Crippen molar-refractivity contribution in [2.24, 2.45) is 0 Å². The van der Waals surface area contributed by atoms with E-state index in [0.29, 0.717) is 0 Å². The van der Waals surface area contributed by atoms with E-state index >= 15 is 0 Å². The monoisotopic (exact) mass is 377 g/mol. The van der Waals surface area contributed by atoms with E-state index < -0.39 is 10.2 Å². The Balaban J connectivity index is 2.83. The van der Waals surface area contributed by atoms with Gasteiger partial charge in [0.05, 0.1) is 5.69 Å². The van der Waals surface area contributed by atoms with Gasteiger partial charge in [0.25, 0.3) is 10.2 Å². The summed E-state index contributed by atoms with van der Waals surface area (Å²) in [6.45, 7) is 3.80. The first kappa shape index (κ1) is 18.1. The number of carbonyl (C=O) groups is 1. The summed E-state index contributed by atoms with van der Waals surface area (Å²) in [6.07, 6.45) is 0. The number of aryl methyl sites for hydroxylation is 1. The number of nitrogens with zero attached hydrogens (tertiary/aromatic N) is 2. The van der Waals surface area contributed by atoms with Gasteiger partial charge in [-0.1, -0.05) is 6.07 Å². The van der Waals surface area contributed by atoms with Crippen molar-refractivity contribution in [3.63, 3.8) is 0 Å². The van der Waals surface area contributed by atoms with Gasteiger partial charge in [0.2, 0.25) is 5.91 Å². The largest absolute Gasteiger partial charge is 0.310 e. The fourth-order valence-electron chi connectivity index (χ4n) is 1.69. The van der Waals surface area contributed by atoms with Gasteiger partial charge in [0, 0.05) is 38.6 Å². The lowest BCUT2D eigenvalue weighted by Gasteiger charge is -2.23. The number of rotatable bonds is 6. The first-order chi connectivity index (χ1) is 9.65. The molecule has 0 radical (unpaired) electrons. The van der Waals surface area contributed by atoms with Gasteiger partial charge >= 0.3 is 0 Å². The van der Waals surface area contributed by atoms with Gasteiger partial charge in [-0.2, -0.15) is 12.7 Å². The average Bonchev–Trinajstić information content (AvgIpc) is 2.35. The van der Waals surface area contributed by atoms with E-state index in [-0.39, 0.29) is 19.0 Å². The molecule has 1 amide bonds. The summed E-state index contributed by atoms with van der Waals surface area (Å²) in [5, 5.41) is 0.